The largest absolute Gasteiger partial charge is 0.377 e. The van der Waals surface area contributed by atoms with Crippen LogP contribution in [-0.4, -0.2) is 18.8 Å². The van der Waals surface area contributed by atoms with E-state index < -0.39 is 0 Å². The summed E-state index contributed by atoms with van der Waals surface area (Å²) in [4.78, 5) is 0. The summed E-state index contributed by atoms with van der Waals surface area (Å²) in [5.41, 5.74) is 7.89. The molecule has 0 saturated heterocycles. The number of ether oxygens (including phenoxy) is 1. The van der Waals surface area contributed by atoms with E-state index in [1.165, 1.54) is 37.7 Å². The van der Waals surface area contributed by atoms with Crippen LogP contribution < -0.4 is 5.73 Å². The van der Waals surface area contributed by atoms with Gasteiger partial charge in [-0.2, -0.15) is 0 Å². The van der Waals surface area contributed by atoms with Gasteiger partial charge in [0.05, 0.1) is 6.10 Å². The average Bonchev–Trinajstić information content (AvgIpc) is 2.54. The van der Waals surface area contributed by atoms with Crippen molar-refractivity contribution in [1.82, 2.24) is 0 Å². The van der Waals surface area contributed by atoms with Gasteiger partial charge in [-0.05, 0) is 50.5 Å². The molecule has 2 rings (SSSR count). The van der Waals surface area contributed by atoms with Crippen LogP contribution in [0.2, 0.25) is 0 Å². The van der Waals surface area contributed by atoms with E-state index in [1.807, 2.05) is 0 Å². The molecule has 1 aromatic carbocycles. The predicted molar refractivity (Wildman–Crippen MR) is 89.3 cm³/mol. The normalized spacial score (nSPS) is 19.3. The quantitative estimate of drug-likeness (QED) is 0.773. The minimum Gasteiger partial charge on any atom is -0.377 e. The SMILES string of the molecule is CCOC(C(N)CCCc1ccccc1)C1CCCCC1. The van der Waals surface area contributed by atoms with E-state index in [4.69, 9.17) is 10.5 Å². The van der Waals surface area contributed by atoms with Gasteiger partial charge in [-0.15, -0.1) is 0 Å². The van der Waals surface area contributed by atoms with Crippen molar-refractivity contribution >= 4 is 0 Å². The van der Waals surface area contributed by atoms with Gasteiger partial charge in [0.1, 0.15) is 0 Å². The van der Waals surface area contributed by atoms with E-state index in [2.05, 4.69) is 37.3 Å². The summed E-state index contributed by atoms with van der Waals surface area (Å²) in [6.07, 6.45) is 10.3. The lowest BCUT2D eigenvalue weighted by atomic mass is 9.81. The number of benzene rings is 1. The van der Waals surface area contributed by atoms with Crippen LogP contribution in [0.15, 0.2) is 30.3 Å². The van der Waals surface area contributed by atoms with Crippen molar-refractivity contribution in [2.75, 3.05) is 6.61 Å². The molecule has 0 amide bonds. The second-order valence-electron chi connectivity index (χ2n) is 6.36. The third-order valence-electron chi connectivity index (χ3n) is 4.74. The van der Waals surface area contributed by atoms with Crippen LogP contribution in [0, 0.1) is 5.92 Å². The van der Waals surface area contributed by atoms with Gasteiger partial charge in [0.15, 0.2) is 0 Å². The van der Waals surface area contributed by atoms with Gasteiger partial charge in [-0.3, -0.25) is 0 Å². The number of hydrogen-bond acceptors (Lipinski definition) is 2. The molecule has 118 valence electrons. The maximum Gasteiger partial charge on any atom is 0.0753 e. The second-order valence-corrected chi connectivity index (χ2v) is 6.36. The first-order valence-corrected chi connectivity index (χ1v) is 8.72. The van der Waals surface area contributed by atoms with Crippen molar-refractivity contribution in [2.45, 2.75) is 70.4 Å². The molecule has 2 nitrogen and oxygen atoms in total. The summed E-state index contributed by atoms with van der Waals surface area (Å²) in [6, 6.07) is 10.9. The first kappa shape index (κ1) is 16.5. The zero-order valence-corrected chi connectivity index (χ0v) is 13.5. The lowest BCUT2D eigenvalue weighted by Gasteiger charge is -2.34. The molecule has 2 unspecified atom stereocenters. The molecule has 21 heavy (non-hydrogen) atoms. The summed E-state index contributed by atoms with van der Waals surface area (Å²) in [5.74, 6) is 0.686. The van der Waals surface area contributed by atoms with Crippen LogP contribution in [0.4, 0.5) is 0 Å². The van der Waals surface area contributed by atoms with Gasteiger partial charge in [-0.1, -0.05) is 49.6 Å². The van der Waals surface area contributed by atoms with Crippen LogP contribution in [0.5, 0.6) is 0 Å². The summed E-state index contributed by atoms with van der Waals surface area (Å²) < 4.78 is 6.02. The van der Waals surface area contributed by atoms with E-state index >= 15 is 0 Å². The summed E-state index contributed by atoms with van der Waals surface area (Å²) in [7, 11) is 0. The molecule has 2 atom stereocenters. The molecule has 0 bridgehead atoms. The molecular weight excluding hydrogens is 258 g/mol. The Hall–Kier alpha value is -0.860. The Labute approximate surface area is 130 Å². The Morgan fingerprint density at radius 3 is 2.52 bits per heavy atom. The molecule has 1 saturated carbocycles. The zero-order valence-electron chi connectivity index (χ0n) is 13.5. The van der Waals surface area contributed by atoms with Gasteiger partial charge in [-0.25, -0.2) is 0 Å². The molecule has 0 aromatic heterocycles. The first-order chi connectivity index (χ1) is 10.3. The molecule has 0 spiro atoms. The van der Waals surface area contributed by atoms with Crippen LogP contribution in [0.3, 0.4) is 0 Å². The van der Waals surface area contributed by atoms with Crippen molar-refractivity contribution in [1.29, 1.82) is 0 Å². The molecule has 0 radical (unpaired) electrons. The summed E-state index contributed by atoms with van der Waals surface area (Å²) >= 11 is 0. The molecule has 2 heteroatoms. The highest BCUT2D eigenvalue weighted by molar-refractivity contribution is 5.14. The van der Waals surface area contributed by atoms with E-state index in [9.17, 15) is 0 Å². The van der Waals surface area contributed by atoms with Crippen LogP contribution in [-0.2, 0) is 11.2 Å². The number of hydrogen-bond donors (Lipinski definition) is 1. The van der Waals surface area contributed by atoms with Gasteiger partial charge in [0, 0.05) is 12.6 Å². The minimum absolute atomic E-state index is 0.191. The highest BCUT2D eigenvalue weighted by atomic mass is 16.5. The van der Waals surface area contributed by atoms with E-state index in [-0.39, 0.29) is 12.1 Å². The lowest BCUT2D eigenvalue weighted by Crippen LogP contribution is -2.42. The maximum atomic E-state index is 6.47. The van der Waals surface area contributed by atoms with Gasteiger partial charge < -0.3 is 10.5 Å². The van der Waals surface area contributed by atoms with Gasteiger partial charge in [0.25, 0.3) is 0 Å². The smallest absolute Gasteiger partial charge is 0.0753 e. The molecule has 2 N–H and O–H groups in total. The second kappa shape index (κ2) is 9.22. The monoisotopic (exact) mass is 289 g/mol. The van der Waals surface area contributed by atoms with Gasteiger partial charge >= 0.3 is 0 Å². The fourth-order valence-corrected chi connectivity index (χ4v) is 3.62. The van der Waals surface area contributed by atoms with Crippen molar-refractivity contribution in [3.8, 4) is 0 Å². The van der Waals surface area contributed by atoms with Gasteiger partial charge in [0.2, 0.25) is 0 Å². The zero-order chi connectivity index (χ0) is 14.9. The van der Waals surface area contributed by atoms with Crippen LogP contribution in [0.25, 0.3) is 0 Å². The standard InChI is InChI=1S/C19H31NO/c1-2-21-19(17-13-7-4-8-14-17)18(20)15-9-12-16-10-5-3-6-11-16/h3,5-6,10-11,17-19H,2,4,7-9,12-15,20H2,1H3. The van der Waals surface area contributed by atoms with E-state index in [1.54, 1.807) is 0 Å². The van der Waals surface area contributed by atoms with Crippen molar-refractivity contribution in [3.05, 3.63) is 35.9 Å². The highest BCUT2D eigenvalue weighted by Gasteiger charge is 2.28. The van der Waals surface area contributed by atoms with Crippen molar-refractivity contribution in [3.63, 3.8) is 0 Å². The number of rotatable bonds is 8. The third kappa shape index (κ3) is 5.44. The fourth-order valence-electron chi connectivity index (χ4n) is 3.62. The molecule has 1 aromatic rings. The van der Waals surface area contributed by atoms with E-state index in [0.717, 1.165) is 25.9 Å². The Kier molecular flexibility index (Phi) is 7.25. The van der Waals surface area contributed by atoms with Crippen LogP contribution in [0.1, 0.15) is 57.4 Å². The van der Waals surface area contributed by atoms with E-state index in [0.29, 0.717) is 5.92 Å². The number of aryl methyl sites for hydroxylation is 1. The summed E-state index contributed by atoms with van der Waals surface area (Å²) in [6.45, 7) is 2.88. The topological polar surface area (TPSA) is 35.2 Å². The maximum absolute atomic E-state index is 6.47. The lowest BCUT2D eigenvalue weighted by molar-refractivity contribution is -0.0111. The molecule has 1 fully saturated rings. The van der Waals surface area contributed by atoms with Crippen molar-refractivity contribution in [2.24, 2.45) is 11.7 Å². The average molecular weight is 289 g/mol. The molecule has 1 aliphatic rings. The minimum atomic E-state index is 0.191. The fraction of sp³-hybridized carbons (Fsp3) is 0.684. The molecular formula is C19H31NO. The molecule has 0 aliphatic heterocycles. The molecule has 0 heterocycles. The molecule has 1 aliphatic carbocycles. The Bertz CT molecular complexity index is 372. The summed E-state index contributed by atoms with van der Waals surface area (Å²) in [5, 5.41) is 0. The Morgan fingerprint density at radius 1 is 1.14 bits per heavy atom. The Morgan fingerprint density at radius 2 is 1.86 bits per heavy atom. The predicted octanol–water partition coefficient (Wildman–Crippen LogP) is 4.32. The Balaban J connectivity index is 1.79. The highest BCUT2D eigenvalue weighted by Crippen LogP contribution is 2.30. The number of nitrogens with two attached hydrogens (primary N) is 1. The van der Waals surface area contributed by atoms with Crippen molar-refractivity contribution < 1.29 is 4.74 Å². The third-order valence-corrected chi connectivity index (χ3v) is 4.74. The first-order valence-electron chi connectivity index (χ1n) is 8.72. The van der Waals surface area contributed by atoms with Crippen LogP contribution >= 0.6 is 0 Å².